The number of hydrogen-bond donors (Lipinski definition) is 2. The first-order valence-electron chi connectivity index (χ1n) is 13.2. The lowest BCUT2D eigenvalue weighted by Crippen LogP contribution is -2.26. The smallest absolute Gasteiger partial charge is 0.348 e. The second-order valence-electron chi connectivity index (χ2n) is 9.86. The fourth-order valence-corrected chi connectivity index (χ4v) is 4.81. The number of amides is 2. The zero-order valence-electron chi connectivity index (χ0n) is 23.7. The molecule has 2 N–H and O–H groups in total. The quantitative estimate of drug-likeness (QED) is 0.186. The molecule has 11 nitrogen and oxygen atoms in total. The number of carbonyl (C=O) groups excluding carboxylic acids is 2. The fraction of sp³-hybridized carbons (Fsp3) is 0.179. The zero-order valence-corrected chi connectivity index (χ0v) is 25.2. The van der Waals surface area contributed by atoms with Gasteiger partial charge in [0.1, 0.15) is 12.2 Å². The van der Waals surface area contributed by atoms with Crippen molar-refractivity contribution in [3.05, 3.63) is 110 Å². The molecule has 5 aromatic rings. The molecule has 0 aliphatic carbocycles. The topological polar surface area (TPSA) is 133 Å². The largest absolute Gasteiger partial charge is 0.455 e. The molecule has 0 radical (unpaired) electrons. The summed E-state index contributed by atoms with van der Waals surface area (Å²) in [5.74, 6) is -3.08. The van der Waals surface area contributed by atoms with Gasteiger partial charge in [-0.05, 0) is 65.7 Å². The third kappa shape index (κ3) is 7.69. The summed E-state index contributed by atoms with van der Waals surface area (Å²) in [7, 11) is 0. The molecule has 0 spiro atoms. The van der Waals surface area contributed by atoms with Gasteiger partial charge in [0.25, 0.3) is 17.6 Å². The highest BCUT2D eigenvalue weighted by Crippen LogP contribution is 2.30. The van der Waals surface area contributed by atoms with Crippen LogP contribution in [0.3, 0.4) is 0 Å². The Morgan fingerprint density at radius 3 is 2.36 bits per heavy atom. The lowest BCUT2D eigenvalue weighted by atomic mass is 10.1. The van der Waals surface area contributed by atoms with E-state index in [4.69, 9.17) is 23.2 Å². The first kappa shape index (κ1) is 33.3. The molecule has 244 valence electrons. The van der Waals surface area contributed by atoms with Crippen LogP contribution >= 0.6 is 23.2 Å². The van der Waals surface area contributed by atoms with Crippen molar-refractivity contribution in [2.45, 2.75) is 32.4 Å². The van der Waals surface area contributed by atoms with Crippen molar-refractivity contribution in [2.24, 2.45) is 0 Å². The molecule has 2 amide bonds. The predicted molar refractivity (Wildman–Crippen MR) is 155 cm³/mol. The van der Waals surface area contributed by atoms with Crippen molar-refractivity contribution in [1.29, 1.82) is 0 Å². The molecule has 0 saturated carbocycles. The van der Waals surface area contributed by atoms with Gasteiger partial charge < -0.3 is 10.6 Å². The number of hydrogen-bond acceptors (Lipinski definition) is 7. The lowest BCUT2D eigenvalue weighted by Gasteiger charge is -2.16. The Morgan fingerprint density at radius 2 is 1.68 bits per heavy atom. The molecule has 0 aliphatic rings. The van der Waals surface area contributed by atoms with E-state index in [1.54, 1.807) is 6.92 Å². The van der Waals surface area contributed by atoms with E-state index in [1.807, 2.05) is 0 Å². The van der Waals surface area contributed by atoms with Crippen molar-refractivity contribution >= 4 is 40.7 Å². The van der Waals surface area contributed by atoms with Crippen LogP contribution in [0.25, 0.3) is 5.82 Å². The molecule has 0 fully saturated rings. The number of carbonyl (C=O) groups is 2. The molecular formula is C28H19Cl2F6N9O2. The number of anilines is 1. The Kier molecular flexibility index (Phi) is 9.22. The van der Waals surface area contributed by atoms with Gasteiger partial charge in [0, 0.05) is 17.8 Å². The Morgan fingerprint density at radius 1 is 0.915 bits per heavy atom. The molecular weight excluding hydrogens is 679 g/mol. The van der Waals surface area contributed by atoms with E-state index < -0.39 is 42.1 Å². The van der Waals surface area contributed by atoms with Crippen LogP contribution < -0.4 is 10.6 Å². The fourth-order valence-electron chi connectivity index (χ4n) is 4.33. The highest BCUT2D eigenvalue weighted by molar-refractivity contribution is 6.32. The minimum atomic E-state index is -4.84. The number of aryl methyl sites for hydroxylation is 1. The highest BCUT2D eigenvalue weighted by atomic mass is 35.5. The van der Waals surface area contributed by atoms with Crippen molar-refractivity contribution in [2.75, 3.05) is 5.32 Å². The zero-order chi connectivity index (χ0) is 34.1. The average Bonchev–Trinajstić information content (AvgIpc) is 3.65. The average molecular weight is 698 g/mol. The van der Waals surface area contributed by atoms with Gasteiger partial charge >= 0.3 is 12.4 Å². The van der Waals surface area contributed by atoms with E-state index in [-0.39, 0.29) is 50.6 Å². The van der Waals surface area contributed by atoms with E-state index in [1.165, 1.54) is 48.7 Å². The van der Waals surface area contributed by atoms with Crippen LogP contribution in [0, 0.1) is 6.92 Å². The van der Waals surface area contributed by atoms with E-state index in [0.29, 0.717) is 10.4 Å². The first-order valence-corrected chi connectivity index (χ1v) is 14.0. The van der Waals surface area contributed by atoms with Gasteiger partial charge in [0.05, 0.1) is 27.5 Å². The third-order valence-corrected chi connectivity index (χ3v) is 6.95. The maximum absolute atomic E-state index is 13.7. The Bertz CT molecular complexity index is 1970. The van der Waals surface area contributed by atoms with E-state index >= 15 is 0 Å². The van der Waals surface area contributed by atoms with E-state index in [0.717, 1.165) is 16.8 Å². The second kappa shape index (κ2) is 13.0. The first-order chi connectivity index (χ1) is 22.1. The van der Waals surface area contributed by atoms with Crippen LogP contribution in [0.1, 0.15) is 49.1 Å². The summed E-state index contributed by atoms with van der Waals surface area (Å²) in [6.07, 6.45) is -8.04. The van der Waals surface area contributed by atoms with Gasteiger partial charge in [0.15, 0.2) is 5.82 Å². The highest BCUT2D eigenvalue weighted by Gasteiger charge is 2.37. The van der Waals surface area contributed by atoms with Crippen molar-refractivity contribution in [3.63, 3.8) is 0 Å². The van der Waals surface area contributed by atoms with E-state index in [9.17, 15) is 35.9 Å². The molecule has 2 aromatic carbocycles. The Hall–Kier alpha value is -5.03. The maximum atomic E-state index is 13.7. The van der Waals surface area contributed by atoms with Crippen molar-refractivity contribution in [1.82, 2.24) is 40.3 Å². The summed E-state index contributed by atoms with van der Waals surface area (Å²) in [5, 5.41) is 19.3. The number of pyridine rings is 1. The monoisotopic (exact) mass is 697 g/mol. The standard InChI is InChI=1S/C28H19Cl2F6N9O2/c1-14-8-17(29)10-19(24(46)38-12-15-4-2-5-16(9-15)27(31,32)33)22(14)39-25(47)21-11-18(13-44-42-26(40-43-44)28(34,35)36)41-45(21)23-20(30)6-3-7-37-23/h2-11H,12-13H2,1H3,(H,38,46)(H,39,47). The molecule has 19 heteroatoms. The normalized spacial score (nSPS) is 11.9. The number of alkyl halides is 6. The van der Waals surface area contributed by atoms with Crippen LogP contribution in [-0.4, -0.2) is 46.8 Å². The van der Waals surface area contributed by atoms with Crippen LogP contribution in [0.2, 0.25) is 10.0 Å². The minimum absolute atomic E-state index is 0.0000199. The molecule has 0 atom stereocenters. The summed E-state index contributed by atoms with van der Waals surface area (Å²) in [4.78, 5) is 31.8. The SMILES string of the molecule is Cc1cc(Cl)cc(C(=O)NCc2cccc(C(F)(F)F)c2)c1NC(=O)c1cc(Cn2nnc(C(F)(F)F)n2)nn1-c1ncccc1Cl. The molecule has 3 aromatic heterocycles. The maximum Gasteiger partial charge on any atom is 0.455 e. The second-order valence-corrected chi connectivity index (χ2v) is 10.7. The van der Waals surface area contributed by atoms with Crippen LogP contribution in [-0.2, 0) is 25.4 Å². The van der Waals surface area contributed by atoms with Gasteiger partial charge in [-0.25, -0.2) is 9.67 Å². The number of benzene rings is 2. The Balaban J connectivity index is 1.45. The number of nitrogens with one attached hydrogen (secondary N) is 2. The third-order valence-electron chi connectivity index (χ3n) is 6.43. The van der Waals surface area contributed by atoms with E-state index in [2.05, 4.69) is 36.1 Å². The van der Waals surface area contributed by atoms with Crippen LogP contribution in [0.15, 0.2) is 60.8 Å². The molecule has 3 heterocycles. The molecule has 5 rings (SSSR count). The van der Waals surface area contributed by atoms with Crippen LogP contribution in [0.5, 0.6) is 0 Å². The van der Waals surface area contributed by atoms with Gasteiger partial charge in [-0.2, -0.15) is 36.2 Å². The molecule has 0 saturated heterocycles. The number of halogens is 8. The van der Waals surface area contributed by atoms with Gasteiger partial charge in [-0.15, -0.1) is 10.2 Å². The van der Waals surface area contributed by atoms with Gasteiger partial charge in [-0.3, -0.25) is 9.59 Å². The predicted octanol–water partition coefficient (Wildman–Crippen LogP) is 6.14. The summed E-state index contributed by atoms with van der Waals surface area (Å²) in [5.41, 5.74) is -0.635. The number of rotatable bonds is 8. The Labute approximate surface area is 270 Å². The number of nitrogens with zero attached hydrogens (tertiary/aromatic N) is 7. The summed E-state index contributed by atoms with van der Waals surface area (Å²) in [6.45, 7) is 0.852. The summed E-state index contributed by atoms with van der Waals surface area (Å²) in [6, 6.07) is 11.4. The van der Waals surface area contributed by atoms with Gasteiger partial charge in [0.2, 0.25) is 0 Å². The number of tetrazole rings is 1. The van der Waals surface area contributed by atoms with Crippen LogP contribution in [0.4, 0.5) is 32.0 Å². The molecule has 0 aliphatic heterocycles. The van der Waals surface area contributed by atoms with Crippen molar-refractivity contribution < 1.29 is 35.9 Å². The molecule has 47 heavy (non-hydrogen) atoms. The molecule has 0 bridgehead atoms. The number of aromatic nitrogens is 7. The lowest BCUT2D eigenvalue weighted by molar-refractivity contribution is -0.145. The minimum Gasteiger partial charge on any atom is -0.348 e. The molecule has 0 unspecified atom stereocenters. The van der Waals surface area contributed by atoms with Gasteiger partial charge in [-0.1, -0.05) is 35.3 Å². The van der Waals surface area contributed by atoms with Crippen molar-refractivity contribution in [3.8, 4) is 5.82 Å². The summed E-state index contributed by atoms with van der Waals surface area (Å²) >= 11 is 12.5. The summed E-state index contributed by atoms with van der Waals surface area (Å²) < 4.78 is 79.4.